The van der Waals surface area contributed by atoms with E-state index >= 15 is 0 Å². The number of nitriles is 1. The number of aromatic nitrogens is 1. The molecule has 1 aliphatic heterocycles. The van der Waals surface area contributed by atoms with Crippen molar-refractivity contribution in [3.63, 3.8) is 0 Å². The summed E-state index contributed by atoms with van der Waals surface area (Å²) in [7, 11) is 0. The van der Waals surface area contributed by atoms with Crippen LogP contribution in [0, 0.1) is 18.3 Å². The normalized spacial score (nSPS) is 16.2. The largest absolute Gasteiger partial charge is 0.379 e. The summed E-state index contributed by atoms with van der Waals surface area (Å²) in [6, 6.07) is 14.1. The second kappa shape index (κ2) is 8.30. The lowest BCUT2D eigenvalue weighted by atomic mass is 10.0. The Kier molecular flexibility index (Phi) is 5.87. The molecule has 1 fully saturated rings. The zero-order chi connectivity index (χ0) is 17.6. The van der Waals surface area contributed by atoms with Gasteiger partial charge in [-0.25, -0.2) is 4.98 Å². The third-order valence-electron chi connectivity index (χ3n) is 4.42. The lowest BCUT2D eigenvalue weighted by Crippen LogP contribution is -2.41. The van der Waals surface area contributed by atoms with Crippen LogP contribution in [0.3, 0.4) is 0 Å². The highest BCUT2D eigenvalue weighted by Crippen LogP contribution is 2.24. The summed E-state index contributed by atoms with van der Waals surface area (Å²) in [5, 5.41) is 13.3. The van der Waals surface area contributed by atoms with E-state index in [0.29, 0.717) is 12.2 Å². The lowest BCUT2D eigenvalue weighted by Gasteiger charge is -2.35. The summed E-state index contributed by atoms with van der Waals surface area (Å²) in [4.78, 5) is 6.78. The summed E-state index contributed by atoms with van der Waals surface area (Å²) < 4.78 is 5.48. The highest BCUT2D eigenvalue weighted by Gasteiger charge is 2.22. The van der Waals surface area contributed by atoms with Gasteiger partial charge in [-0.15, -0.1) is 0 Å². The number of nitrogens with one attached hydrogen (secondary N) is 1. The Morgan fingerprint density at radius 3 is 2.64 bits per heavy atom. The number of pyridine rings is 1. The number of halogens is 1. The van der Waals surface area contributed by atoms with Crippen molar-refractivity contribution >= 4 is 17.4 Å². The quantitative estimate of drug-likeness (QED) is 0.889. The number of rotatable bonds is 5. The summed E-state index contributed by atoms with van der Waals surface area (Å²) in [6.07, 6.45) is 0. The molecule has 130 valence electrons. The first-order valence-electron chi connectivity index (χ1n) is 8.36. The van der Waals surface area contributed by atoms with Crippen LogP contribution in [0.4, 0.5) is 5.82 Å². The third kappa shape index (κ3) is 4.49. The highest BCUT2D eigenvalue weighted by atomic mass is 35.5. The van der Waals surface area contributed by atoms with Gasteiger partial charge in [0.05, 0.1) is 19.3 Å². The summed E-state index contributed by atoms with van der Waals surface area (Å²) in [5.74, 6) is 0.717. The Labute approximate surface area is 153 Å². The van der Waals surface area contributed by atoms with Crippen molar-refractivity contribution in [2.45, 2.75) is 13.0 Å². The highest BCUT2D eigenvalue weighted by molar-refractivity contribution is 6.30. The minimum Gasteiger partial charge on any atom is -0.379 e. The van der Waals surface area contributed by atoms with E-state index < -0.39 is 0 Å². The summed E-state index contributed by atoms with van der Waals surface area (Å²) in [5.41, 5.74) is 2.54. The maximum absolute atomic E-state index is 9.15. The molecule has 1 N–H and O–H groups in total. The Morgan fingerprint density at radius 1 is 1.24 bits per heavy atom. The first-order valence-corrected chi connectivity index (χ1v) is 8.74. The maximum atomic E-state index is 9.15. The molecule has 0 aliphatic carbocycles. The molecule has 25 heavy (non-hydrogen) atoms. The van der Waals surface area contributed by atoms with E-state index in [0.717, 1.165) is 42.7 Å². The molecule has 0 bridgehead atoms. The van der Waals surface area contributed by atoms with E-state index in [-0.39, 0.29) is 6.04 Å². The zero-order valence-electron chi connectivity index (χ0n) is 14.2. The number of nitrogens with zero attached hydrogens (tertiary/aromatic N) is 3. The molecule has 1 aliphatic rings. The molecule has 0 radical (unpaired) electrons. The first-order chi connectivity index (χ1) is 12.2. The van der Waals surface area contributed by atoms with Gasteiger partial charge in [-0.05, 0) is 36.2 Å². The van der Waals surface area contributed by atoms with E-state index in [1.807, 2.05) is 31.2 Å². The fourth-order valence-electron chi connectivity index (χ4n) is 2.97. The second-order valence-electron chi connectivity index (χ2n) is 6.07. The van der Waals surface area contributed by atoms with Gasteiger partial charge in [0, 0.05) is 24.7 Å². The Bertz CT molecular complexity index is 751. The molecule has 1 unspecified atom stereocenters. The fourth-order valence-corrected chi connectivity index (χ4v) is 3.10. The molecule has 0 spiro atoms. The van der Waals surface area contributed by atoms with Gasteiger partial charge in [0.15, 0.2) is 0 Å². The third-order valence-corrected chi connectivity index (χ3v) is 4.67. The van der Waals surface area contributed by atoms with Crippen molar-refractivity contribution in [1.82, 2.24) is 9.88 Å². The minimum absolute atomic E-state index is 0.190. The number of aryl methyl sites for hydroxylation is 1. The van der Waals surface area contributed by atoms with E-state index in [4.69, 9.17) is 21.6 Å². The van der Waals surface area contributed by atoms with Gasteiger partial charge in [0.1, 0.15) is 17.6 Å². The maximum Gasteiger partial charge on any atom is 0.145 e. The molecule has 1 atom stereocenters. The molecule has 0 amide bonds. The number of anilines is 1. The predicted molar refractivity (Wildman–Crippen MR) is 98.8 cm³/mol. The average Bonchev–Trinajstić information content (AvgIpc) is 2.65. The van der Waals surface area contributed by atoms with Gasteiger partial charge in [0.2, 0.25) is 0 Å². The molecular formula is C19H21ClN4O. The van der Waals surface area contributed by atoms with Crippen LogP contribution in [0.2, 0.25) is 5.02 Å². The Hall–Kier alpha value is -2.13. The molecule has 3 rings (SSSR count). The summed E-state index contributed by atoms with van der Waals surface area (Å²) >= 11 is 6.03. The molecule has 5 nitrogen and oxygen atoms in total. The number of hydrogen-bond donors (Lipinski definition) is 1. The number of benzene rings is 1. The number of hydrogen-bond acceptors (Lipinski definition) is 5. The summed E-state index contributed by atoms with van der Waals surface area (Å²) in [6.45, 7) is 5.85. The Morgan fingerprint density at radius 2 is 1.96 bits per heavy atom. The number of ether oxygens (including phenoxy) is 1. The van der Waals surface area contributed by atoms with E-state index in [1.165, 1.54) is 5.56 Å². The monoisotopic (exact) mass is 356 g/mol. The number of morpholine rings is 1. The van der Waals surface area contributed by atoms with E-state index in [9.17, 15) is 0 Å². The fraction of sp³-hybridized carbons (Fsp3) is 0.368. The molecule has 1 saturated heterocycles. The SMILES string of the molecule is Cc1ccc(NCC(c2ccc(Cl)cc2)N2CCOCC2)nc1C#N. The zero-order valence-corrected chi connectivity index (χ0v) is 15.0. The van der Waals surface area contributed by atoms with Crippen molar-refractivity contribution in [2.75, 3.05) is 38.2 Å². The van der Waals surface area contributed by atoms with Crippen LogP contribution in [0.1, 0.15) is 22.9 Å². The Balaban J connectivity index is 1.77. The van der Waals surface area contributed by atoms with Crippen LogP contribution in [0.25, 0.3) is 0 Å². The van der Waals surface area contributed by atoms with Crippen LogP contribution in [0.15, 0.2) is 36.4 Å². The van der Waals surface area contributed by atoms with E-state index in [1.54, 1.807) is 0 Å². The van der Waals surface area contributed by atoms with Gasteiger partial charge in [-0.1, -0.05) is 29.8 Å². The van der Waals surface area contributed by atoms with Crippen molar-refractivity contribution in [3.05, 3.63) is 58.2 Å². The molecule has 6 heteroatoms. The standard InChI is InChI=1S/C19H21ClN4O/c1-14-2-7-19(23-17(14)12-21)22-13-18(24-8-10-25-11-9-24)15-3-5-16(20)6-4-15/h2-7,18H,8-11,13H2,1H3,(H,22,23). The smallest absolute Gasteiger partial charge is 0.145 e. The van der Waals surface area contributed by atoms with Crippen molar-refractivity contribution in [2.24, 2.45) is 0 Å². The molecule has 2 aromatic rings. The van der Waals surface area contributed by atoms with Gasteiger partial charge in [-0.3, -0.25) is 4.90 Å². The van der Waals surface area contributed by atoms with Gasteiger partial charge >= 0.3 is 0 Å². The molecule has 0 saturated carbocycles. The van der Waals surface area contributed by atoms with Crippen LogP contribution < -0.4 is 5.32 Å². The van der Waals surface area contributed by atoms with Crippen molar-refractivity contribution in [1.29, 1.82) is 5.26 Å². The van der Waals surface area contributed by atoms with Crippen molar-refractivity contribution < 1.29 is 4.74 Å². The predicted octanol–water partition coefficient (Wildman–Crippen LogP) is 3.40. The molecule has 2 heterocycles. The molecule has 1 aromatic carbocycles. The first kappa shape index (κ1) is 17.7. The van der Waals surface area contributed by atoms with Crippen LogP contribution in [-0.2, 0) is 4.74 Å². The average molecular weight is 357 g/mol. The minimum atomic E-state index is 0.190. The van der Waals surface area contributed by atoms with Gasteiger partial charge in [-0.2, -0.15) is 5.26 Å². The molecular weight excluding hydrogens is 336 g/mol. The lowest BCUT2D eigenvalue weighted by molar-refractivity contribution is 0.0187. The van der Waals surface area contributed by atoms with Gasteiger partial charge in [0.25, 0.3) is 0 Å². The second-order valence-corrected chi connectivity index (χ2v) is 6.51. The van der Waals surface area contributed by atoms with Crippen LogP contribution >= 0.6 is 11.6 Å². The van der Waals surface area contributed by atoms with Crippen LogP contribution in [-0.4, -0.2) is 42.7 Å². The molecule has 1 aromatic heterocycles. The van der Waals surface area contributed by atoms with E-state index in [2.05, 4.69) is 33.4 Å². The van der Waals surface area contributed by atoms with Crippen molar-refractivity contribution in [3.8, 4) is 6.07 Å². The van der Waals surface area contributed by atoms with Crippen LogP contribution in [0.5, 0.6) is 0 Å². The topological polar surface area (TPSA) is 61.2 Å². The van der Waals surface area contributed by atoms with Gasteiger partial charge < -0.3 is 10.1 Å².